The molecule has 1 aliphatic rings. The zero-order valence-electron chi connectivity index (χ0n) is 14.5. The summed E-state index contributed by atoms with van der Waals surface area (Å²) in [6, 6.07) is 14.1. The molecule has 3 rings (SSSR count). The molecular formula is C21H27NO2. The van der Waals surface area contributed by atoms with Gasteiger partial charge in [-0.25, -0.2) is 0 Å². The first-order chi connectivity index (χ1) is 11.8. The van der Waals surface area contributed by atoms with Crippen molar-refractivity contribution in [3.05, 3.63) is 42.5 Å². The molecule has 2 aromatic carbocycles. The van der Waals surface area contributed by atoms with Crippen LogP contribution in [-0.2, 0) is 4.79 Å². The van der Waals surface area contributed by atoms with Gasteiger partial charge in [-0.05, 0) is 36.6 Å². The molecule has 3 heteroatoms. The fourth-order valence-electron chi connectivity index (χ4n) is 3.52. The van der Waals surface area contributed by atoms with Crippen molar-refractivity contribution in [1.82, 2.24) is 5.32 Å². The van der Waals surface area contributed by atoms with Crippen molar-refractivity contribution in [3.8, 4) is 5.75 Å². The molecule has 0 heterocycles. The SMILES string of the molecule is CC[C@H](Oc1cccc2ccccc12)C(=O)NCC1CCCCC1. The predicted molar refractivity (Wildman–Crippen MR) is 98.2 cm³/mol. The average Bonchev–Trinajstić information content (AvgIpc) is 2.65. The van der Waals surface area contributed by atoms with Gasteiger partial charge in [0.15, 0.2) is 6.10 Å². The van der Waals surface area contributed by atoms with E-state index in [2.05, 4.69) is 17.4 Å². The van der Waals surface area contributed by atoms with E-state index in [1.807, 2.05) is 37.3 Å². The average molecular weight is 325 g/mol. The van der Waals surface area contributed by atoms with Crippen molar-refractivity contribution in [3.63, 3.8) is 0 Å². The lowest BCUT2D eigenvalue weighted by molar-refractivity contribution is -0.128. The smallest absolute Gasteiger partial charge is 0.261 e. The highest BCUT2D eigenvalue weighted by atomic mass is 16.5. The monoisotopic (exact) mass is 325 g/mol. The molecule has 1 atom stereocenters. The molecule has 0 aliphatic heterocycles. The first-order valence-electron chi connectivity index (χ1n) is 9.20. The number of rotatable bonds is 6. The van der Waals surface area contributed by atoms with E-state index in [1.165, 1.54) is 32.1 Å². The largest absolute Gasteiger partial charge is 0.480 e. The fourth-order valence-corrected chi connectivity index (χ4v) is 3.52. The molecule has 0 aromatic heterocycles. The van der Waals surface area contributed by atoms with E-state index in [0.717, 1.165) is 23.1 Å². The molecule has 0 spiro atoms. The summed E-state index contributed by atoms with van der Waals surface area (Å²) >= 11 is 0. The standard InChI is InChI=1S/C21H27NO2/c1-2-19(21(23)22-15-16-9-4-3-5-10-16)24-20-14-8-12-17-11-6-7-13-18(17)20/h6-8,11-14,16,19H,2-5,9-10,15H2,1H3,(H,22,23)/t19-/m0/s1. The van der Waals surface area contributed by atoms with Gasteiger partial charge in [0.2, 0.25) is 0 Å². The predicted octanol–water partition coefficient (Wildman–Crippen LogP) is 4.69. The zero-order valence-corrected chi connectivity index (χ0v) is 14.5. The molecule has 1 aliphatic carbocycles. The van der Waals surface area contributed by atoms with Gasteiger partial charge in [-0.15, -0.1) is 0 Å². The van der Waals surface area contributed by atoms with Crippen molar-refractivity contribution in [2.24, 2.45) is 5.92 Å². The molecule has 1 amide bonds. The molecule has 24 heavy (non-hydrogen) atoms. The Balaban J connectivity index is 1.63. The summed E-state index contributed by atoms with van der Waals surface area (Å²) in [5.41, 5.74) is 0. The van der Waals surface area contributed by atoms with E-state index in [1.54, 1.807) is 0 Å². The van der Waals surface area contributed by atoms with Crippen LogP contribution in [-0.4, -0.2) is 18.6 Å². The number of hydrogen-bond donors (Lipinski definition) is 1. The third-order valence-corrected chi connectivity index (χ3v) is 4.97. The van der Waals surface area contributed by atoms with Gasteiger partial charge >= 0.3 is 0 Å². The highest BCUT2D eigenvalue weighted by Gasteiger charge is 2.21. The summed E-state index contributed by atoms with van der Waals surface area (Å²) in [5.74, 6) is 1.43. The first kappa shape index (κ1) is 16.8. The molecule has 0 saturated heterocycles. The molecule has 0 unspecified atom stereocenters. The number of nitrogens with one attached hydrogen (secondary N) is 1. The third-order valence-electron chi connectivity index (χ3n) is 4.97. The molecule has 3 nitrogen and oxygen atoms in total. The van der Waals surface area contributed by atoms with Crippen molar-refractivity contribution in [2.75, 3.05) is 6.54 Å². The quantitative estimate of drug-likeness (QED) is 0.836. The van der Waals surface area contributed by atoms with Crippen LogP contribution in [0.1, 0.15) is 45.4 Å². The molecule has 2 aromatic rings. The Kier molecular flexibility index (Phi) is 5.73. The number of carbonyl (C=O) groups excluding carboxylic acids is 1. The van der Waals surface area contributed by atoms with Gasteiger partial charge in [0.1, 0.15) is 5.75 Å². The van der Waals surface area contributed by atoms with E-state index in [0.29, 0.717) is 12.3 Å². The van der Waals surface area contributed by atoms with E-state index < -0.39 is 6.10 Å². The van der Waals surface area contributed by atoms with Crippen LogP contribution in [0.3, 0.4) is 0 Å². The van der Waals surface area contributed by atoms with Crippen LogP contribution in [0.25, 0.3) is 10.8 Å². The Bertz CT molecular complexity index is 671. The zero-order chi connectivity index (χ0) is 16.8. The Labute approximate surface area is 144 Å². The third kappa shape index (κ3) is 4.08. The number of hydrogen-bond acceptors (Lipinski definition) is 2. The van der Waals surface area contributed by atoms with Crippen LogP contribution in [0.5, 0.6) is 5.75 Å². The second-order valence-electron chi connectivity index (χ2n) is 6.74. The summed E-state index contributed by atoms with van der Waals surface area (Å²) in [5, 5.41) is 5.29. The van der Waals surface area contributed by atoms with Gasteiger partial charge in [-0.2, -0.15) is 0 Å². The first-order valence-corrected chi connectivity index (χ1v) is 9.20. The molecular weight excluding hydrogens is 298 g/mol. The van der Waals surface area contributed by atoms with Crippen molar-refractivity contribution >= 4 is 16.7 Å². The minimum atomic E-state index is -0.431. The fraction of sp³-hybridized carbons (Fsp3) is 0.476. The van der Waals surface area contributed by atoms with Crippen molar-refractivity contribution < 1.29 is 9.53 Å². The number of amides is 1. The Morgan fingerprint density at radius 1 is 1.12 bits per heavy atom. The molecule has 0 bridgehead atoms. The summed E-state index contributed by atoms with van der Waals surface area (Å²) < 4.78 is 6.07. The summed E-state index contributed by atoms with van der Waals surface area (Å²) in [4.78, 5) is 12.5. The van der Waals surface area contributed by atoms with Gasteiger partial charge in [-0.1, -0.05) is 62.6 Å². The Hall–Kier alpha value is -2.03. The maximum absolute atomic E-state index is 12.5. The summed E-state index contributed by atoms with van der Waals surface area (Å²) in [6.07, 6.45) is 6.64. The van der Waals surface area contributed by atoms with E-state index in [9.17, 15) is 4.79 Å². The topological polar surface area (TPSA) is 38.3 Å². The lowest BCUT2D eigenvalue weighted by atomic mass is 9.89. The van der Waals surface area contributed by atoms with Crippen LogP contribution >= 0.6 is 0 Å². The number of ether oxygens (including phenoxy) is 1. The van der Waals surface area contributed by atoms with Gasteiger partial charge < -0.3 is 10.1 Å². The summed E-state index contributed by atoms with van der Waals surface area (Å²) in [6.45, 7) is 2.78. The maximum Gasteiger partial charge on any atom is 0.261 e. The van der Waals surface area contributed by atoms with Gasteiger partial charge in [0, 0.05) is 11.9 Å². The van der Waals surface area contributed by atoms with Gasteiger partial charge in [0.05, 0.1) is 0 Å². The summed E-state index contributed by atoms with van der Waals surface area (Å²) in [7, 11) is 0. The van der Waals surface area contributed by atoms with Crippen LogP contribution in [0.2, 0.25) is 0 Å². The Morgan fingerprint density at radius 3 is 2.67 bits per heavy atom. The lowest BCUT2D eigenvalue weighted by Crippen LogP contribution is -2.40. The number of benzene rings is 2. The molecule has 1 saturated carbocycles. The second kappa shape index (κ2) is 8.18. The van der Waals surface area contributed by atoms with Crippen LogP contribution in [0, 0.1) is 5.92 Å². The van der Waals surface area contributed by atoms with Crippen molar-refractivity contribution in [1.29, 1.82) is 0 Å². The number of fused-ring (bicyclic) bond motifs is 1. The van der Waals surface area contributed by atoms with Crippen LogP contribution in [0.4, 0.5) is 0 Å². The lowest BCUT2D eigenvalue weighted by Gasteiger charge is -2.23. The van der Waals surface area contributed by atoms with E-state index in [4.69, 9.17) is 4.74 Å². The minimum Gasteiger partial charge on any atom is -0.480 e. The molecule has 0 radical (unpaired) electrons. The molecule has 1 fully saturated rings. The van der Waals surface area contributed by atoms with E-state index >= 15 is 0 Å². The molecule has 128 valence electrons. The normalized spacial score (nSPS) is 16.7. The van der Waals surface area contributed by atoms with Crippen molar-refractivity contribution in [2.45, 2.75) is 51.6 Å². The highest BCUT2D eigenvalue weighted by molar-refractivity contribution is 5.89. The Morgan fingerprint density at radius 2 is 1.88 bits per heavy atom. The van der Waals surface area contributed by atoms with Crippen LogP contribution < -0.4 is 10.1 Å². The number of carbonyl (C=O) groups is 1. The second-order valence-corrected chi connectivity index (χ2v) is 6.74. The van der Waals surface area contributed by atoms with Crippen LogP contribution in [0.15, 0.2) is 42.5 Å². The molecule has 1 N–H and O–H groups in total. The van der Waals surface area contributed by atoms with E-state index in [-0.39, 0.29) is 5.91 Å². The van der Waals surface area contributed by atoms with Gasteiger partial charge in [-0.3, -0.25) is 4.79 Å². The minimum absolute atomic E-state index is 0.0102. The maximum atomic E-state index is 12.5. The highest BCUT2D eigenvalue weighted by Crippen LogP contribution is 2.27. The van der Waals surface area contributed by atoms with Gasteiger partial charge in [0.25, 0.3) is 5.91 Å².